The van der Waals surface area contributed by atoms with E-state index in [0.717, 1.165) is 30.9 Å². The molecule has 1 aromatic rings. The van der Waals surface area contributed by atoms with E-state index < -0.39 is 6.10 Å². The largest absolute Gasteiger partial charge is 0.486 e. The molecule has 2 heterocycles. The summed E-state index contributed by atoms with van der Waals surface area (Å²) in [5.74, 6) is 1.41. The van der Waals surface area contributed by atoms with Gasteiger partial charge in [0.25, 0.3) is 5.91 Å². The van der Waals surface area contributed by atoms with Gasteiger partial charge in [0.1, 0.15) is 12.7 Å². The highest BCUT2D eigenvalue weighted by atomic mass is 16.6. The zero-order valence-electron chi connectivity index (χ0n) is 14.3. The molecule has 2 aliphatic heterocycles. The summed E-state index contributed by atoms with van der Waals surface area (Å²) in [6.45, 7) is 3.93. The van der Waals surface area contributed by atoms with Crippen molar-refractivity contribution in [2.45, 2.75) is 38.1 Å². The van der Waals surface area contributed by atoms with E-state index >= 15 is 0 Å². The Labute approximate surface area is 142 Å². The molecule has 24 heavy (non-hydrogen) atoms. The van der Waals surface area contributed by atoms with Crippen LogP contribution in [0.5, 0.6) is 11.5 Å². The maximum Gasteiger partial charge on any atom is 0.251 e. The van der Waals surface area contributed by atoms with Crippen LogP contribution < -0.4 is 9.47 Å². The van der Waals surface area contributed by atoms with Gasteiger partial charge in [-0.15, -0.1) is 0 Å². The zero-order valence-corrected chi connectivity index (χ0v) is 14.3. The lowest BCUT2D eigenvalue weighted by Crippen LogP contribution is -2.45. The SMILES string of the molecule is C[C@H](OC[C@H]1CCCO1)C(=O)N(C)C[C@H]1COc2ccccc2O1. The van der Waals surface area contributed by atoms with Crippen LogP contribution in [0, 0.1) is 0 Å². The van der Waals surface area contributed by atoms with Gasteiger partial charge in [-0.25, -0.2) is 0 Å². The van der Waals surface area contributed by atoms with Crippen molar-refractivity contribution in [3.8, 4) is 11.5 Å². The summed E-state index contributed by atoms with van der Waals surface area (Å²) >= 11 is 0. The molecule has 1 fully saturated rings. The van der Waals surface area contributed by atoms with Gasteiger partial charge in [-0.1, -0.05) is 12.1 Å². The van der Waals surface area contributed by atoms with Crippen molar-refractivity contribution in [3.63, 3.8) is 0 Å². The predicted molar refractivity (Wildman–Crippen MR) is 88.4 cm³/mol. The lowest BCUT2D eigenvalue weighted by Gasteiger charge is -2.30. The number of carbonyl (C=O) groups excluding carboxylic acids is 1. The predicted octanol–water partition coefficient (Wildman–Crippen LogP) is 1.87. The molecule has 1 aromatic carbocycles. The second-order valence-electron chi connectivity index (χ2n) is 6.33. The Morgan fingerprint density at radius 1 is 1.33 bits per heavy atom. The highest BCUT2D eigenvalue weighted by Gasteiger charge is 2.27. The van der Waals surface area contributed by atoms with E-state index in [4.69, 9.17) is 18.9 Å². The van der Waals surface area contributed by atoms with E-state index in [1.54, 1.807) is 18.9 Å². The maximum atomic E-state index is 12.4. The lowest BCUT2D eigenvalue weighted by molar-refractivity contribution is -0.144. The molecule has 6 nitrogen and oxygen atoms in total. The third-order valence-corrected chi connectivity index (χ3v) is 4.33. The normalized spacial score (nSPS) is 23.8. The number of para-hydroxylation sites is 2. The van der Waals surface area contributed by atoms with Crippen molar-refractivity contribution in [1.82, 2.24) is 4.90 Å². The first kappa shape index (κ1) is 17.0. The first-order valence-corrected chi connectivity index (χ1v) is 8.50. The smallest absolute Gasteiger partial charge is 0.251 e. The molecule has 0 aromatic heterocycles. The lowest BCUT2D eigenvalue weighted by atomic mass is 10.2. The summed E-state index contributed by atoms with van der Waals surface area (Å²) in [6, 6.07) is 7.56. The third-order valence-electron chi connectivity index (χ3n) is 4.33. The quantitative estimate of drug-likeness (QED) is 0.794. The van der Waals surface area contributed by atoms with Crippen molar-refractivity contribution in [2.24, 2.45) is 0 Å². The number of hydrogen-bond acceptors (Lipinski definition) is 5. The summed E-state index contributed by atoms with van der Waals surface area (Å²) < 4.78 is 22.8. The van der Waals surface area contributed by atoms with Crippen molar-refractivity contribution in [1.29, 1.82) is 0 Å². The summed E-state index contributed by atoms with van der Waals surface area (Å²) in [6.07, 6.45) is 1.52. The summed E-state index contributed by atoms with van der Waals surface area (Å²) in [7, 11) is 1.76. The van der Waals surface area contributed by atoms with E-state index in [9.17, 15) is 4.79 Å². The van der Waals surface area contributed by atoms with E-state index in [1.807, 2.05) is 24.3 Å². The third kappa shape index (κ3) is 4.19. The molecular formula is C18H25NO5. The topological polar surface area (TPSA) is 57.2 Å². The van der Waals surface area contributed by atoms with Gasteiger partial charge in [-0.2, -0.15) is 0 Å². The molecule has 0 radical (unpaired) electrons. The van der Waals surface area contributed by atoms with E-state index in [-0.39, 0.29) is 18.1 Å². The number of ether oxygens (including phenoxy) is 4. The molecule has 132 valence electrons. The van der Waals surface area contributed by atoms with E-state index in [2.05, 4.69) is 0 Å². The Bertz CT molecular complexity index is 558. The standard InChI is InChI=1S/C18H25NO5/c1-13(22-11-14-6-5-9-21-14)18(20)19(2)10-15-12-23-16-7-3-4-8-17(16)24-15/h3-4,7-8,13-15H,5-6,9-12H2,1-2H3/t13-,14+,15-/m0/s1. The average Bonchev–Trinajstić information content (AvgIpc) is 3.12. The summed E-state index contributed by atoms with van der Waals surface area (Å²) in [5.41, 5.74) is 0. The Balaban J connectivity index is 1.45. The van der Waals surface area contributed by atoms with Crippen molar-refractivity contribution >= 4 is 5.91 Å². The van der Waals surface area contributed by atoms with Crippen LogP contribution >= 0.6 is 0 Å². The maximum absolute atomic E-state index is 12.4. The fourth-order valence-electron chi connectivity index (χ4n) is 2.96. The van der Waals surface area contributed by atoms with Crippen LogP contribution in [-0.2, 0) is 14.3 Å². The molecule has 6 heteroatoms. The molecule has 0 spiro atoms. The van der Waals surface area contributed by atoms with E-state index in [0.29, 0.717) is 19.8 Å². The fraction of sp³-hybridized carbons (Fsp3) is 0.611. The fourth-order valence-corrected chi connectivity index (χ4v) is 2.96. The molecule has 1 amide bonds. The Kier molecular flexibility index (Phi) is 5.58. The van der Waals surface area contributed by atoms with Crippen LogP contribution in [0.15, 0.2) is 24.3 Å². The average molecular weight is 335 g/mol. The van der Waals surface area contributed by atoms with Gasteiger partial charge in [0.15, 0.2) is 17.6 Å². The second kappa shape index (κ2) is 7.85. The highest BCUT2D eigenvalue weighted by molar-refractivity contribution is 5.80. The number of benzene rings is 1. The number of amides is 1. The first-order valence-electron chi connectivity index (χ1n) is 8.50. The molecule has 3 atom stereocenters. The van der Waals surface area contributed by atoms with Gasteiger partial charge in [0.2, 0.25) is 0 Å². The van der Waals surface area contributed by atoms with Crippen LogP contribution in [-0.4, -0.2) is 62.5 Å². The molecule has 3 rings (SSSR count). The number of nitrogens with zero attached hydrogens (tertiary/aromatic N) is 1. The van der Waals surface area contributed by atoms with Gasteiger partial charge < -0.3 is 23.8 Å². The molecule has 0 aliphatic carbocycles. The molecule has 1 saturated heterocycles. The van der Waals surface area contributed by atoms with Gasteiger partial charge in [-0.3, -0.25) is 4.79 Å². The molecule has 0 unspecified atom stereocenters. The molecule has 0 bridgehead atoms. The number of rotatable bonds is 6. The Morgan fingerprint density at radius 3 is 2.88 bits per heavy atom. The Morgan fingerprint density at radius 2 is 2.12 bits per heavy atom. The minimum absolute atomic E-state index is 0.0598. The molecular weight excluding hydrogens is 310 g/mol. The number of hydrogen-bond donors (Lipinski definition) is 0. The summed E-state index contributed by atoms with van der Waals surface area (Å²) in [4.78, 5) is 14.1. The second-order valence-corrected chi connectivity index (χ2v) is 6.33. The van der Waals surface area contributed by atoms with Gasteiger partial charge in [-0.05, 0) is 31.9 Å². The molecule has 2 aliphatic rings. The van der Waals surface area contributed by atoms with Crippen molar-refractivity contribution in [3.05, 3.63) is 24.3 Å². The monoisotopic (exact) mass is 335 g/mol. The van der Waals surface area contributed by atoms with Crippen LogP contribution in [0.2, 0.25) is 0 Å². The van der Waals surface area contributed by atoms with Crippen LogP contribution in [0.3, 0.4) is 0 Å². The van der Waals surface area contributed by atoms with Crippen LogP contribution in [0.1, 0.15) is 19.8 Å². The van der Waals surface area contributed by atoms with Gasteiger partial charge in [0.05, 0.1) is 19.3 Å². The van der Waals surface area contributed by atoms with Gasteiger partial charge in [0, 0.05) is 13.7 Å². The molecule has 0 saturated carbocycles. The first-order chi connectivity index (χ1) is 11.6. The van der Waals surface area contributed by atoms with Crippen molar-refractivity contribution < 1.29 is 23.7 Å². The van der Waals surface area contributed by atoms with Crippen LogP contribution in [0.25, 0.3) is 0 Å². The minimum atomic E-state index is -0.490. The minimum Gasteiger partial charge on any atom is -0.486 e. The molecule has 0 N–H and O–H groups in total. The van der Waals surface area contributed by atoms with Crippen LogP contribution in [0.4, 0.5) is 0 Å². The van der Waals surface area contributed by atoms with Gasteiger partial charge >= 0.3 is 0 Å². The number of likely N-dealkylation sites (N-methyl/N-ethyl adjacent to an activating group) is 1. The Hall–Kier alpha value is -1.79. The zero-order chi connectivity index (χ0) is 16.9. The number of fused-ring (bicyclic) bond motifs is 1. The highest BCUT2D eigenvalue weighted by Crippen LogP contribution is 2.31. The van der Waals surface area contributed by atoms with Crippen molar-refractivity contribution in [2.75, 3.05) is 33.4 Å². The van der Waals surface area contributed by atoms with E-state index in [1.165, 1.54) is 0 Å². The summed E-state index contributed by atoms with van der Waals surface area (Å²) in [5, 5.41) is 0. The number of carbonyl (C=O) groups is 1.